The smallest absolute Gasteiger partial charge is 0.237 e. The Bertz CT molecular complexity index is 524. The Morgan fingerprint density at radius 2 is 2.00 bits per heavy atom. The van der Waals surface area contributed by atoms with Crippen LogP contribution in [0.3, 0.4) is 0 Å². The maximum Gasteiger partial charge on any atom is 0.237 e. The van der Waals surface area contributed by atoms with Gasteiger partial charge >= 0.3 is 0 Å². The second-order valence-electron chi connectivity index (χ2n) is 5.29. The van der Waals surface area contributed by atoms with Gasteiger partial charge in [0.05, 0.1) is 12.1 Å². The molecule has 1 saturated heterocycles. The molecule has 1 aromatic rings. The van der Waals surface area contributed by atoms with Crippen LogP contribution in [0.4, 0.5) is 0 Å². The summed E-state index contributed by atoms with van der Waals surface area (Å²) in [4.78, 5) is 23.9. The summed E-state index contributed by atoms with van der Waals surface area (Å²) in [6, 6.07) is 8.09. The molecule has 1 aliphatic rings. The van der Waals surface area contributed by atoms with Crippen LogP contribution < -0.4 is 5.73 Å². The van der Waals surface area contributed by atoms with Crippen molar-refractivity contribution in [2.24, 2.45) is 5.73 Å². The van der Waals surface area contributed by atoms with Crippen molar-refractivity contribution in [2.75, 3.05) is 6.54 Å². The van der Waals surface area contributed by atoms with Crippen LogP contribution in [0.2, 0.25) is 0 Å². The molecule has 0 aliphatic carbocycles. The van der Waals surface area contributed by atoms with Crippen molar-refractivity contribution in [1.82, 2.24) is 4.90 Å². The zero-order valence-electron chi connectivity index (χ0n) is 11.9. The molecule has 1 fully saturated rings. The number of β-amino-alcohol motifs (C(OH)–C–C–N with tert-alkyl or cyclic N) is 1. The van der Waals surface area contributed by atoms with Crippen molar-refractivity contribution in [3.05, 3.63) is 41.9 Å². The second kappa shape index (κ2) is 6.97. The zero-order chi connectivity index (χ0) is 16.3. The molecule has 7 heteroatoms. The fraction of sp³-hybridized carbons (Fsp3) is 0.400. The number of carbonyl (C=O) groups is 2. The molecular formula is C15H19N2O5. The van der Waals surface area contributed by atoms with E-state index in [2.05, 4.69) is 0 Å². The van der Waals surface area contributed by atoms with E-state index >= 15 is 0 Å². The minimum atomic E-state index is -1.44. The number of aliphatic hydroxyl groups excluding tert-OH is 3. The molecule has 1 amide bonds. The molecule has 119 valence electrons. The average Bonchev–Trinajstić information content (AvgIpc) is 2.80. The van der Waals surface area contributed by atoms with Gasteiger partial charge in [-0.15, -0.1) is 0 Å². The molecule has 7 nitrogen and oxygen atoms in total. The summed E-state index contributed by atoms with van der Waals surface area (Å²) in [5.74, 6) is -0.826. The van der Waals surface area contributed by atoms with Gasteiger partial charge in [0.15, 0.2) is 0 Å². The second-order valence-corrected chi connectivity index (χ2v) is 5.29. The van der Waals surface area contributed by atoms with Crippen LogP contribution in [0, 0.1) is 6.04 Å². The van der Waals surface area contributed by atoms with E-state index < -0.39 is 30.3 Å². The number of rotatable bonds is 6. The summed E-state index contributed by atoms with van der Waals surface area (Å²) in [5.41, 5.74) is 6.10. The maximum atomic E-state index is 11.6. The van der Waals surface area contributed by atoms with Gasteiger partial charge in [0, 0.05) is 6.54 Å². The van der Waals surface area contributed by atoms with E-state index in [1.165, 1.54) is 4.90 Å². The first-order valence-corrected chi connectivity index (χ1v) is 6.90. The number of nitrogens with two attached hydrogens (primary N) is 1. The lowest BCUT2D eigenvalue weighted by Crippen LogP contribution is -2.50. The van der Waals surface area contributed by atoms with Gasteiger partial charge in [-0.25, -0.2) is 0 Å². The van der Waals surface area contributed by atoms with Gasteiger partial charge in [-0.05, 0) is 12.0 Å². The van der Waals surface area contributed by atoms with Crippen molar-refractivity contribution in [2.45, 2.75) is 30.8 Å². The molecule has 1 heterocycles. The van der Waals surface area contributed by atoms with E-state index in [9.17, 15) is 24.9 Å². The molecule has 0 spiro atoms. The highest BCUT2D eigenvalue weighted by Crippen LogP contribution is 2.29. The van der Waals surface area contributed by atoms with Crippen LogP contribution >= 0.6 is 0 Å². The number of aliphatic hydroxyl groups is 3. The standard InChI is InChI=1S/C15H19N2O5/c16-15(22)13-14(21)11(19)7-17(13)10(12(20)8-18)6-9-4-2-1-3-5-9/h1-5,8,11-14,19-21H,6-7H2,(H2,16,22)/t11-,12-,13?,14+/m0/s1. The van der Waals surface area contributed by atoms with Crippen molar-refractivity contribution < 1.29 is 24.9 Å². The van der Waals surface area contributed by atoms with E-state index in [4.69, 9.17) is 5.73 Å². The number of benzene rings is 1. The Kier molecular flexibility index (Phi) is 5.25. The van der Waals surface area contributed by atoms with Crippen LogP contribution in [-0.2, 0) is 16.0 Å². The van der Waals surface area contributed by atoms with E-state index in [1.54, 1.807) is 24.3 Å². The summed E-state index contributed by atoms with van der Waals surface area (Å²) in [6.45, 7) is -0.0815. The van der Waals surface area contributed by atoms with Crippen molar-refractivity contribution in [3.63, 3.8) is 0 Å². The third kappa shape index (κ3) is 3.33. The molecule has 1 radical (unpaired) electrons. The molecule has 5 N–H and O–H groups in total. The first-order chi connectivity index (χ1) is 10.5. The van der Waals surface area contributed by atoms with E-state index in [0.717, 1.165) is 5.56 Å². The number of carbonyl (C=O) groups excluding carboxylic acids is 2. The van der Waals surface area contributed by atoms with Crippen LogP contribution in [0.1, 0.15) is 5.56 Å². The molecule has 1 unspecified atom stereocenters. The van der Waals surface area contributed by atoms with Gasteiger partial charge in [0.2, 0.25) is 5.91 Å². The van der Waals surface area contributed by atoms with Gasteiger partial charge < -0.3 is 25.8 Å². The summed E-state index contributed by atoms with van der Waals surface area (Å²) < 4.78 is 0. The van der Waals surface area contributed by atoms with Crippen LogP contribution in [0.5, 0.6) is 0 Å². The fourth-order valence-electron chi connectivity index (χ4n) is 2.70. The summed E-state index contributed by atoms with van der Waals surface area (Å²) in [5, 5.41) is 29.6. The minimum Gasteiger partial charge on any atom is -0.389 e. The molecule has 2 rings (SSSR count). The van der Waals surface area contributed by atoms with Crippen molar-refractivity contribution >= 4 is 12.2 Å². The lowest BCUT2D eigenvalue weighted by Gasteiger charge is -2.32. The molecule has 0 bridgehead atoms. The molecule has 0 saturated carbocycles. The Hall–Kier alpha value is -1.80. The maximum absolute atomic E-state index is 11.6. The number of nitrogens with zero attached hydrogens (tertiary/aromatic N) is 1. The highest BCUT2D eigenvalue weighted by Gasteiger charge is 2.47. The number of amides is 1. The first-order valence-electron chi connectivity index (χ1n) is 6.90. The lowest BCUT2D eigenvalue weighted by molar-refractivity contribution is -0.127. The van der Waals surface area contributed by atoms with Gasteiger partial charge in [0.1, 0.15) is 24.5 Å². The highest BCUT2D eigenvalue weighted by atomic mass is 16.3. The summed E-state index contributed by atoms with van der Waals surface area (Å²) in [7, 11) is 0. The molecule has 1 aliphatic heterocycles. The normalized spacial score (nSPS) is 27.0. The Morgan fingerprint density at radius 3 is 2.55 bits per heavy atom. The van der Waals surface area contributed by atoms with Gasteiger partial charge in [-0.3, -0.25) is 9.69 Å². The summed E-state index contributed by atoms with van der Waals surface area (Å²) >= 11 is 0. The average molecular weight is 307 g/mol. The molecule has 22 heavy (non-hydrogen) atoms. The van der Waals surface area contributed by atoms with Gasteiger partial charge in [-0.2, -0.15) is 0 Å². The Balaban J connectivity index is 2.28. The third-order valence-corrected chi connectivity index (χ3v) is 3.80. The number of likely N-dealkylation sites (tertiary alicyclic amines) is 1. The molecule has 0 aromatic heterocycles. The topological polar surface area (TPSA) is 124 Å². The predicted octanol–water partition coefficient (Wildman–Crippen LogP) is -1.79. The van der Waals surface area contributed by atoms with Crippen LogP contribution in [0.25, 0.3) is 0 Å². The molecule has 1 aromatic carbocycles. The van der Waals surface area contributed by atoms with E-state index in [1.807, 2.05) is 6.07 Å². The highest BCUT2D eigenvalue weighted by molar-refractivity contribution is 5.81. The third-order valence-electron chi connectivity index (χ3n) is 3.80. The van der Waals surface area contributed by atoms with Crippen LogP contribution in [-0.4, -0.2) is 63.3 Å². The van der Waals surface area contributed by atoms with Crippen LogP contribution in [0.15, 0.2) is 30.3 Å². The number of primary amides is 1. The quantitative estimate of drug-likeness (QED) is 0.460. The predicted molar refractivity (Wildman–Crippen MR) is 77.2 cm³/mol. The number of hydrogen-bond acceptors (Lipinski definition) is 6. The van der Waals surface area contributed by atoms with Crippen molar-refractivity contribution in [3.8, 4) is 0 Å². The number of hydrogen-bond donors (Lipinski definition) is 4. The van der Waals surface area contributed by atoms with E-state index in [-0.39, 0.29) is 19.0 Å². The summed E-state index contributed by atoms with van der Waals surface area (Å²) in [6.07, 6.45) is -3.44. The van der Waals surface area contributed by atoms with Gasteiger partial charge in [-0.1, -0.05) is 30.3 Å². The van der Waals surface area contributed by atoms with Gasteiger partial charge in [0.25, 0.3) is 0 Å². The monoisotopic (exact) mass is 307 g/mol. The molecular weight excluding hydrogens is 288 g/mol. The minimum absolute atomic E-state index is 0.0815. The van der Waals surface area contributed by atoms with Crippen molar-refractivity contribution in [1.29, 1.82) is 0 Å². The fourth-order valence-corrected chi connectivity index (χ4v) is 2.70. The van der Waals surface area contributed by atoms with E-state index in [0.29, 0.717) is 6.29 Å². The zero-order valence-corrected chi connectivity index (χ0v) is 11.9. The Labute approximate surface area is 128 Å². The largest absolute Gasteiger partial charge is 0.389 e. The Morgan fingerprint density at radius 1 is 1.36 bits per heavy atom. The lowest BCUT2D eigenvalue weighted by atomic mass is 9.99. The number of aldehydes is 1. The first kappa shape index (κ1) is 16.6. The molecule has 4 atom stereocenters. The SMILES string of the molecule is NC(=O)C1[C@H](O)[C@@H](O)CN1[C](Cc1ccccc1)[C@@H](O)C=O.